The third-order valence-electron chi connectivity index (χ3n) is 4.11. The molecule has 2 fully saturated rings. The standard InChI is InChI=1S/C16H17N5O2S2/c22-13-10-21(15(23)18-13)17-9-12-14(11-5-4-8-24-11)19-16(25-12)20-6-2-1-3-7-20/h4-5,8-9H,1-3,6-7,10H2,(H,18,22,23)/b17-9-. The van der Waals surface area contributed by atoms with Crippen LogP contribution in [0.3, 0.4) is 0 Å². The van der Waals surface area contributed by atoms with Gasteiger partial charge in [-0.15, -0.1) is 11.3 Å². The average molecular weight is 375 g/mol. The molecule has 0 aliphatic carbocycles. The molecule has 2 aromatic heterocycles. The first-order chi connectivity index (χ1) is 12.2. The highest BCUT2D eigenvalue weighted by molar-refractivity contribution is 7.18. The number of carbonyl (C=O) groups is 2. The topological polar surface area (TPSA) is 77.9 Å². The summed E-state index contributed by atoms with van der Waals surface area (Å²) in [6.07, 6.45) is 5.28. The van der Waals surface area contributed by atoms with Crippen LogP contribution in [-0.2, 0) is 4.79 Å². The van der Waals surface area contributed by atoms with E-state index >= 15 is 0 Å². The van der Waals surface area contributed by atoms with Gasteiger partial charge in [-0.2, -0.15) is 5.10 Å². The van der Waals surface area contributed by atoms with Crippen LogP contribution in [0, 0.1) is 0 Å². The third-order valence-corrected chi connectivity index (χ3v) is 6.04. The van der Waals surface area contributed by atoms with Crippen molar-refractivity contribution < 1.29 is 9.59 Å². The van der Waals surface area contributed by atoms with Crippen molar-refractivity contribution >= 4 is 46.0 Å². The van der Waals surface area contributed by atoms with Crippen molar-refractivity contribution in [3.05, 3.63) is 22.4 Å². The SMILES string of the molecule is O=C1CN(/N=C\c2sc(N3CCCCC3)nc2-c2cccs2)C(=O)N1. The number of anilines is 1. The lowest BCUT2D eigenvalue weighted by molar-refractivity contribution is -0.118. The molecule has 2 aliphatic heterocycles. The number of thiazole rings is 1. The lowest BCUT2D eigenvalue weighted by Gasteiger charge is -2.25. The molecule has 0 radical (unpaired) electrons. The first-order valence-electron chi connectivity index (χ1n) is 8.16. The Morgan fingerprint density at radius 2 is 2.08 bits per heavy atom. The summed E-state index contributed by atoms with van der Waals surface area (Å²) in [4.78, 5) is 32.0. The van der Waals surface area contributed by atoms with Crippen LogP contribution in [0.2, 0.25) is 0 Å². The number of nitrogens with one attached hydrogen (secondary N) is 1. The van der Waals surface area contributed by atoms with Crippen LogP contribution in [0.4, 0.5) is 9.93 Å². The maximum absolute atomic E-state index is 11.6. The van der Waals surface area contributed by atoms with Crippen molar-refractivity contribution in [2.75, 3.05) is 24.5 Å². The Bertz CT molecular complexity index is 809. The molecule has 0 atom stereocenters. The van der Waals surface area contributed by atoms with Gasteiger partial charge in [0.2, 0.25) is 5.91 Å². The maximum atomic E-state index is 11.6. The number of piperidine rings is 1. The minimum atomic E-state index is -0.486. The molecule has 2 aliphatic rings. The van der Waals surface area contributed by atoms with Crippen LogP contribution < -0.4 is 10.2 Å². The van der Waals surface area contributed by atoms with E-state index in [9.17, 15) is 9.59 Å². The smallest absolute Gasteiger partial charge is 0.344 e. The highest BCUT2D eigenvalue weighted by Crippen LogP contribution is 2.35. The zero-order valence-corrected chi connectivity index (χ0v) is 15.1. The maximum Gasteiger partial charge on any atom is 0.344 e. The van der Waals surface area contributed by atoms with Crippen molar-refractivity contribution in [3.63, 3.8) is 0 Å². The quantitative estimate of drug-likeness (QED) is 0.658. The van der Waals surface area contributed by atoms with Gasteiger partial charge in [-0.25, -0.2) is 14.8 Å². The van der Waals surface area contributed by atoms with E-state index in [1.54, 1.807) is 28.9 Å². The van der Waals surface area contributed by atoms with Gasteiger partial charge in [-0.05, 0) is 30.7 Å². The number of thiophene rings is 1. The van der Waals surface area contributed by atoms with Crippen molar-refractivity contribution in [1.29, 1.82) is 0 Å². The van der Waals surface area contributed by atoms with Gasteiger partial charge in [0.1, 0.15) is 12.2 Å². The lowest BCUT2D eigenvalue weighted by Crippen LogP contribution is -2.29. The van der Waals surface area contributed by atoms with Gasteiger partial charge >= 0.3 is 6.03 Å². The second-order valence-corrected chi connectivity index (χ2v) is 7.85. The molecule has 9 heteroatoms. The molecule has 0 aromatic carbocycles. The number of hydrogen-bond acceptors (Lipinski definition) is 7. The molecule has 0 unspecified atom stereocenters. The summed E-state index contributed by atoms with van der Waals surface area (Å²) in [5, 5.41) is 10.6. The van der Waals surface area contributed by atoms with Crippen LogP contribution in [0.1, 0.15) is 24.1 Å². The summed E-state index contributed by atoms with van der Waals surface area (Å²) < 4.78 is 0. The molecule has 25 heavy (non-hydrogen) atoms. The van der Waals surface area contributed by atoms with Gasteiger partial charge < -0.3 is 4.90 Å². The molecule has 4 rings (SSSR count). The number of aromatic nitrogens is 1. The second kappa shape index (κ2) is 6.93. The largest absolute Gasteiger partial charge is 0.348 e. The molecular weight excluding hydrogens is 358 g/mol. The molecule has 3 amide bonds. The zero-order chi connectivity index (χ0) is 17.2. The van der Waals surface area contributed by atoms with E-state index in [4.69, 9.17) is 4.98 Å². The van der Waals surface area contributed by atoms with Crippen molar-refractivity contribution in [2.45, 2.75) is 19.3 Å². The number of rotatable bonds is 4. The van der Waals surface area contributed by atoms with Gasteiger partial charge in [-0.3, -0.25) is 10.1 Å². The number of nitrogens with zero attached hydrogens (tertiary/aromatic N) is 4. The fourth-order valence-corrected chi connectivity index (χ4v) is 4.65. The number of amides is 3. The van der Waals surface area contributed by atoms with Gasteiger partial charge in [0.05, 0.1) is 16.0 Å². The predicted octanol–water partition coefficient (Wildman–Crippen LogP) is 2.75. The number of hydrazone groups is 1. The number of urea groups is 1. The van der Waals surface area contributed by atoms with Crippen molar-refractivity contribution in [3.8, 4) is 10.6 Å². The molecule has 2 saturated heterocycles. The fourth-order valence-electron chi connectivity index (χ4n) is 2.86. The van der Waals surface area contributed by atoms with E-state index in [0.29, 0.717) is 0 Å². The van der Waals surface area contributed by atoms with E-state index in [2.05, 4.69) is 15.3 Å². The Balaban J connectivity index is 1.64. The van der Waals surface area contributed by atoms with Gasteiger partial charge in [0.25, 0.3) is 0 Å². The molecule has 2 aromatic rings. The zero-order valence-electron chi connectivity index (χ0n) is 13.5. The summed E-state index contributed by atoms with van der Waals surface area (Å²) in [6, 6.07) is 3.54. The molecule has 4 heterocycles. The van der Waals surface area contributed by atoms with Crippen molar-refractivity contribution in [1.82, 2.24) is 15.3 Å². The summed E-state index contributed by atoms with van der Waals surface area (Å²) in [5.41, 5.74) is 0.884. The van der Waals surface area contributed by atoms with Gasteiger partial charge in [0, 0.05) is 13.1 Å². The average Bonchev–Trinajstić information content (AvgIpc) is 3.33. The first-order valence-corrected chi connectivity index (χ1v) is 9.85. The number of hydrogen-bond donors (Lipinski definition) is 1. The van der Waals surface area contributed by atoms with Crippen LogP contribution in [-0.4, -0.2) is 47.8 Å². The summed E-state index contributed by atoms with van der Waals surface area (Å²) in [5.74, 6) is -0.334. The second-order valence-electron chi connectivity index (χ2n) is 5.89. The molecular formula is C16H17N5O2S2. The van der Waals surface area contributed by atoms with Crippen LogP contribution >= 0.6 is 22.7 Å². The number of imide groups is 1. The highest BCUT2D eigenvalue weighted by Gasteiger charge is 2.26. The Morgan fingerprint density at radius 3 is 2.76 bits per heavy atom. The predicted molar refractivity (Wildman–Crippen MR) is 99.3 cm³/mol. The van der Waals surface area contributed by atoms with Gasteiger partial charge in [0.15, 0.2) is 5.13 Å². The Kier molecular flexibility index (Phi) is 4.50. The van der Waals surface area contributed by atoms with E-state index in [-0.39, 0.29) is 12.5 Å². The summed E-state index contributed by atoms with van der Waals surface area (Å²) in [7, 11) is 0. The Hall–Kier alpha value is -2.26. The molecule has 130 valence electrons. The summed E-state index contributed by atoms with van der Waals surface area (Å²) in [6.45, 7) is 2.01. The van der Waals surface area contributed by atoms with E-state index < -0.39 is 6.03 Å². The van der Waals surface area contributed by atoms with E-state index in [1.165, 1.54) is 19.3 Å². The Labute approximate surface area is 153 Å². The summed E-state index contributed by atoms with van der Waals surface area (Å²) >= 11 is 3.20. The molecule has 0 saturated carbocycles. The minimum Gasteiger partial charge on any atom is -0.348 e. The molecule has 0 spiro atoms. The lowest BCUT2D eigenvalue weighted by atomic mass is 10.1. The van der Waals surface area contributed by atoms with E-state index in [0.717, 1.165) is 38.7 Å². The first kappa shape index (κ1) is 16.2. The number of carbonyl (C=O) groups excluding carboxylic acids is 2. The molecule has 7 nitrogen and oxygen atoms in total. The van der Waals surface area contributed by atoms with Crippen LogP contribution in [0.5, 0.6) is 0 Å². The molecule has 1 N–H and O–H groups in total. The Morgan fingerprint density at radius 1 is 1.24 bits per heavy atom. The van der Waals surface area contributed by atoms with Crippen LogP contribution in [0.25, 0.3) is 10.6 Å². The monoisotopic (exact) mass is 375 g/mol. The molecule has 0 bridgehead atoms. The van der Waals surface area contributed by atoms with E-state index in [1.807, 2.05) is 17.5 Å². The third kappa shape index (κ3) is 3.42. The normalized spacial score (nSPS) is 18.4. The minimum absolute atomic E-state index is 0.0402. The van der Waals surface area contributed by atoms with Crippen LogP contribution in [0.15, 0.2) is 22.6 Å². The van der Waals surface area contributed by atoms with Gasteiger partial charge in [-0.1, -0.05) is 17.4 Å². The van der Waals surface area contributed by atoms with Crippen molar-refractivity contribution in [2.24, 2.45) is 5.10 Å². The highest BCUT2D eigenvalue weighted by atomic mass is 32.1. The fraction of sp³-hybridized carbons (Fsp3) is 0.375.